The van der Waals surface area contributed by atoms with Gasteiger partial charge in [-0.15, -0.1) is 0 Å². The van der Waals surface area contributed by atoms with E-state index in [9.17, 15) is 5.11 Å². The minimum absolute atomic E-state index is 0.124. The van der Waals surface area contributed by atoms with E-state index in [-0.39, 0.29) is 5.75 Å². The highest BCUT2D eigenvalue weighted by atomic mass is 32.1. The van der Waals surface area contributed by atoms with Gasteiger partial charge in [-0.2, -0.15) is 5.10 Å². The lowest BCUT2D eigenvalue weighted by molar-refractivity contribution is 0.315. The van der Waals surface area contributed by atoms with Gasteiger partial charge in [-0.25, -0.2) is 0 Å². The fraction of sp³-hybridized carbons (Fsp3) is 0.467. The number of hydrazone groups is 1. The maximum absolute atomic E-state index is 9.88. The summed E-state index contributed by atoms with van der Waals surface area (Å²) in [5.74, 6) is 0.773. The molecule has 0 spiro atoms. The topological polar surface area (TPSA) is 65.9 Å². The predicted octanol–water partition coefficient (Wildman–Crippen LogP) is 2.78. The largest absolute Gasteiger partial charge is 0.507 e. The Kier molecular flexibility index (Phi) is 8.19. The number of phenolic OH excluding ortho intramolecular Hbond substituents is 1. The van der Waals surface area contributed by atoms with Crippen LogP contribution in [0.5, 0.6) is 11.5 Å². The Morgan fingerprint density at radius 3 is 2.86 bits per heavy atom. The Labute approximate surface area is 131 Å². The molecule has 0 radical (unpaired) electrons. The van der Waals surface area contributed by atoms with Crippen molar-refractivity contribution in [1.82, 2.24) is 10.7 Å². The van der Waals surface area contributed by atoms with E-state index in [0.717, 1.165) is 25.8 Å². The van der Waals surface area contributed by atoms with Gasteiger partial charge in [-0.05, 0) is 37.2 Å². The first-order valence-electron chi connectivity index (χ1n) is 7.20. The quantitative estimate of drug-likeness (QED) is 0.298. The van der Waals surface area contributed by atoms with E-state index in [0.29, 0.717) is 23.0 Å². The third kappa shape index (κ3) is 6.94. The number of hydrogen-bond acceptors (Lipinski definition) is 4. The van der Waals surface area contributed by atoms with Crippen LogP contribution in [0, 0.1) is 0 Å². The summed E-state index contributed by atoms with van der Waals surface area (Å²) < 4.78 is 5.44. The Morgan fingerprint density at radius 1 is 1.38 bits per heavy atom. The van der Waals surface area contributed by atoms with Crippen molar-refractivity contribution in [3.63, 3.8) is 0 Å². The number of nitrogens with one attached hydrogen (secondary N) is 2. The number of ether oxygens (including phenoxy) is 1. The minimum atomic E-state index is 0.124. The molecule has 0 unspecified atom stereocenters. The molecule has 0 saturated carbocycles. The molecule has 0 aliphatic carbocycles. The summed E-state index contributed by atoms with van der Waals surface area (Å²) >= 11 is 5.07. The predicted molar refractivity (Wildman–Crippen MR) is 90.1 cm³/mol. The molecule has 1 aromatic rings. The van der Waals surface area contributed by atoms with Gasteiger partial charge in [-0.3, -0.25) is 5.43 Å². The smallest absolute Gasteiger partial charge is 0.186 e. The highest BCUT2D eigenvalue weighted by Gasteiger charge is 2.01. The van der Waals surface area contributed by atoms with Gasteiger partial charge in [0.05, 0.1) is 12.8 Å². The summed E-state index contributed by atoms with van der Waals surface area (Å²) in [6.45, 7) is 5.61. The van der Waals surface area contributed by atoms with Gasteiger partial charge in [0.1, 0.15) is 11.5 Å². The summed E-state index contributed by atoms with van der Waals surface area (Å²) in [5.41, 5.74) is 3.31. The summed E-state index contributed by atoms with van der Waals surface area (Å²) in [6, 6.07) is 5.13. The molecule has 3 N–H and O–H groups in total. The third-order valence-corrected chi connectivity index (χ3v) is 2.90. The maximum atomic E-state index is 9.88. The van der Waals surface area contributed by atoms with Crippen LogP contribution in [0.2, 0.25) is 0 Å². The molecule has 0 atom stereocenters. The number of benzene rings is 1. The van der Waals surface area contributed by atoms with Crippen molar-refractivity contribution in [2.75, 3.05) is 13.2 Å². The minimum Gasteiger partial charge on any atom is -0.507 e. The summed E-state index contributed by atoms with van der Waals surface area (Å²) in [5, 5.41) is 17.4. The molecule has 0 aliphatic heterocycles. The Balaban J connectivity index is 2.46. The maximum Gasteiger partial charge on any atom is 0.186 e. The number of unbranched alkanes of at least 4 members (excludes halogenated alkanes) is 1. The van der Waals surface area contributed by atoms with Crippen molar-refractivity contribution in [1.29, 1.82) is 0 Å². The van der Waals surface area contributed by atoms with Gasteiger partial charge >= 0.3 is 0 Å². The zero-order chi connectivity index (χ0) is 15.5. The van der Waals surface area contributed by atoms with Gasteiger partial charge in [0.15, 0.2) is 5.11 Å². The van der Waals surface area contributed by atoms with E-state index in [1.54, 1.807) is 18.2 Å². The van der Waals surface area contributed by atoms with Crippen molar-refractivity contribution >= 4 is 23.5 Å². The molecule has 0 fully saturated rings. The van der Waals surface area contributed by atoms with E-state index in [1.807, 2.05) is 6.92 Å². The molecule has 21 heavy (non-hydrogen) atoms. The second-order valence-electron chi connectivity index (χ2n) is 4.55. The van der Waals surface area contributed by atoms with Gasteiger partial charge in [0.25, 0.3) is 0 Å². The van der Waals surface area contributed by atoms with Crippen LogP contribution in [0.25, 0.3) is 0 Å². The normalized spacial score (nSPS) is 10.6. The van der Waals surface area contributed by atoms with Crippen molar-refractivity contribution in [3.8, 4) is 11.5 Å². The van der Waals surface area contributed by atoms with Gasteiger partial charge in [0.2, 0.25) is 0 Å². The fourth-order valence-corrected chi connectivity index (χ4v) is 1.68. The lowest BCUT2D eigenvalue weighted by Gasteiger charge is -2.07. The SMILES string of the molecule is CCCCNC(=S)N/N=C/c1ccc(OCCC)cc1O. The van der Waals surface area contributed by atoms with Crippen molar-refractivity contribution in [3.05, 3.63) is 23.8 Å². The van der Waals surface area contributed by atoms with Crippen LogP contribution in [-0.4, -0.2) is 29.6 Å². The van der Waals surface area contributed by atoms with Crippen LogP contribution in [-0.2, 0) is 0 Å². The Hall–Kier alpha value is -1.82. The van der Waals surface area contributed by atoms with Crippen LogP contribution in [0.4, 0.5) is 0 Å². The number of aromatic hydroxyl groups is 1. The van der Waals surface area contributed by atoms with Gasteiger partial charge in [0, 0.05) is 18.2 Å². The van der Waals surface area contributed by atoms with E-state index in [2.05, 4.69) is 22.8 Å². The number of hydrogen-bond donors (Lipinski definition) is 3. The summed E-state index contributed by atoms with van der Waals surface area (Å²) in [4.78, 5) is 0. The molecule has 0 saturated heterocycles. The molecular weight excluding hydrogens is 286 g/mol. The number of nitrogens with zero attached hydrogens (tertiary/aromatic N) is 1. The molecule has 0 bridgehead atoms. The van der Waals surface area contributed by atoms with Crippen molar-refractivity contribution < 1.29 is 9.84 Å². The Bertz CT molecular complexity index is 478. The van der Waals surface area contributed by atoms with Crippen molar-refractivity contribution in [2.24, 2.45) is 5.10 Å². The lowest BCUT2D eigenvalue weighted by Crippen LogP contribution is -2.32. The highest BCUT2D eigenvalue weighted by Crippen LogP contribution is 2.22. The first kappa shape index (κ1) is 17.2. The van der Waals surface area contributed by atoms with Gasteiger partial charge in [-0.1, -0.05) is 20.3 Å². The summed E-state index contributed by atoms with van der Waals surface area (Å²) in [7, 11) is 0. The zero-order valence-electron chi connectivity index (χ0n) is 12.6. The molecule has 1 aromatic carbocycles. The van der Waals surface area contributed by atoms with E-state index >= 15 is 0 Å². The van der Waals surface area contributed by atoms with Crippen LogP contribution in [0.15, 0.2) is 23.3 Å². The first-order valence-corrected chi connectivity index (χ1v) is 7.61. The second-order valence-corrected chi connectivity index (χ2v) is 4.96. The van der Waals surface area contributed by atoms with Crippen LogP contribution in [0.1, 0.15) is 38.7 Å². The molecule has 0 aliphatic rings. The number of phenols is 1. The molecular formula is C15H23N3O2S. The molecule has 0 aromatic heterocycles. The molecule has 116 valence electrons. The van der Waals surface area contributed by atoms with E-state index in [4.69, 9.17) is 17.0 Å². The molecule has 6 heteroatoms. The number of rotatable bonds is 8. The first-order chi connectivity index (χ1) is 10.2. The van der Waals surface area contributed by atoms with Crippen molar-refractivity contribution in [2.45, 2.75) is 33.1 Å². The molecule has 1 rings (SSSR count). The zero-order valence-corrected chi connectivity index (χ0v) is 13.4. The monoisotopic (exact) mass is 309 g/mol. The van der Waals surface area contributed by atoms with Crippen LogP contribution in [0.3, 0.4) is 0 Å². The summed E-state index contributed by atoms with van der Waals surface area (Å²) in [6.07, 6.45) is 4.62. The van der Waals surface area contributed by atoms with Crippen LogP contribution >= 0.6 is 12.2 Å². The highest BCUT2D eigenvalue weighted by molar-refractivity contribution is 7.80. The average Bonchev–Trinajstić information content (AvgIpc) is 2.47. The molecule has 0 amide bonds. The molecule has 5 nitrogen and oxygen atoms in total. The molecule has 0 heterocycles. The van der Waals surface area contributed by atoms with Crippen LogP contribution < -0.4 is 15.5 Å². The van der Waals surface area contributed by atoms with E-state index in [1.165, 1.54) is 6.21 Å². The third-order valence-electron chi connectivity index (χ3n) is 2.66. The van der Waals surface area contributed by atoms with Gasteiger partial charge < -0.3 is 15.2 Å². The fourth-order valence-electron chi connectivity index (χ4n) is 1.52. The standard InChI is InChI=1S/C15H23N3O2S/c1-3-5-8-16-15(21)18-17-11-12-6-7-13(10-14(12)19)20-9-4-2/h6-7,10-11,19H,3-5,8-9H2,1-2H3,(H2,16,18,21)/b17-11+. The average molecular weight is 309 g/mol. The van der Waals surface area contributed by atoms with E-state index < -0.39 is 0 Å². The lowest BCUT2D eigenvalue weighted by atomic mass is 10.2. The second kappa shape index (κ2) is 9.99. The number of thiocarbonyl (C=S) groups is 1. The Morgan fingerprint density at radius 2 is 2.19 bits per heavy atom.